The van der Waals surface area contributed by atoms with E-state index in [1.54, 1.807) is 0 Å². The highest BCUT2D eigenvalue weighted by Gasteiger charge is 2.23. The van der Waals surface area contributed by atoms with Crippen LogP contribution >= 0.6 is 0 Å². The molecule has 0 unspecified atom stereocenters. The molecule has 2 aromatic heterocycles. The van der Waals surface area contributed by atoms with Crippen molar-refractivity contribution in [3.8, 4) is 11.4 Å². The molecule has 0 spiro atoms. The SMILES string of the molecule is CC(C)c1ccc(-c2nc(C(N)=O)c3[nH]c(=O)n(C[C@H]4CCCO4)c3n2)cc1. The van der Waals surface area contributed by atoms with E-state index in [1.807, 2.05) is 24.3 Å². The van der Waals surface area contributed by atoms with E-state index in [2.05, 4.69) is 28.8 Å². The average molecular weight is 381 g/mol. The first-order chi connectivity index (χ1) is 13.4. The number of carbonyl (C=O) groups excluding carboxylic acids is 1. The summed E-state index contributed by atoms with van der Waals surface area (Å²) < 4.78 is 7.16. The standard InChI is InChI=1S/C20H23N5O3/c1-11(2)12-5-7-13(8-6-12)18-22-15(17(21)26)16-19(24-18)25(20(27)23-16)10-14-4-3-9-28-14/h5-8,11,14H,3-4,9-10H2,1-2H3,(H2,21,26)(H,23,27)/t14-/m1/s1. The zero-order chi connectivity index (χ0) is 19.8. The maximum Gasteiger partial charge on any atom is 0.327 e. The number of imidazole rings is 1. The fourth-order valence-corrected chi connectivity index (χ4v) is 3.52. The molecule has 0 aliphatic carbocycles. The molecule has 1 aliphatic heterocycles. The maximum absolute atomic E-state index is 12.5. The quantitative estimate of drug-likeness (QED) is 0.703. The molecule has 1 amide bonds. The van der Waals surface area contributed by atoms with Crippen LogP contribution in [-0.2, 0) is 11.3 Å². The lowest BCUT2D eigenvalue weighted by molar-refractivity contribution is 0.0970. The van der Waals surface area contributed by atoms with Crippen LogP contribution in [0.3, 0.4) is 0 Å². The van der Waals surface area contributed by atoms with Gasteiger partial charge in [0, 0.05) is 12.2 Å². The number of nitrogens with one attached hydrogen (secondary N) is 1. The first-order valence-electron chi connectivity index (χ1n) is 9.46. The van der Waals surface area contributed by atoms with Crippen LogP contribution in [0.2, 0.25) is 0 Å². The summed E-state index contributed by atoms with van der Waals surface area (Å²) in [5.74, 6) is 0.0505. The lowest BCUT2D eigenvalue weighted by Gasteiger charge is -2.11. The first kappa shape index (κ1) is 18.4. The summed E-state index contributed by atoms with van der Waals surface area (Å²) in [7, 11) is 0. The predicted octanol–water partition coefficient (Wildman–Crippen LogP) is 2.19. The molecule has 8 heteroatoms. The maximum atomic E-state index is 12.5. The number of rotatable bonds is 5. The smallest absolute Gasteiger partial charge is 0.327 e. The second kappa shape index (κ2) is 7.20. The van der Waals surface area contributed by atoms with Gasteiger partial charge in [0.15, 0.2) is 17.2 Å². The Hall–Kier alpha value is -3.00. The summed E-state index contributed by atoms with van der Waals surface area (Å²) in [6.07, 6.45) is 1.81. The number of fused-ring (bicyclic) bond motifs is 1. The van der Waals surface area contributed by atoms with Crippen LogP contribution in [0.4, 0.5) is 0 Å². The Kier molecular flexibility index (Phi) is 4.72. The van der Waals surface area contributed by atoms with Crippen molar-refractivity contribution in [1.29, 1.82) is 0 Å². The van der Waals surface area contributed by atoms with Gasteiger partial charge in [-0.2, -0.15) is 0 Å². The second-order valence-corrected chi connectivity index (χ2v) is 7.41. The van der Waals surface area contributed by atoms with Gasteiger partial charge >= 0.3 is 5.69 Å². The van der Waals surface area contributed by atoms with Crippen LogP contribution in [-0.4, -0.2) is 38.1 Å². The van der Waals surface area contributed by atoms with E-state index in [0.717, 1.165) is 18.4 Å². The summed E-state index contributed by atoms with van der Waals surface area (Å²) in [4.78, 5) is 36.1. The van der Waals surface area contributed by atoms with Gasteiger partial charge in [-0.15, -0.1) is 0 Å². The van der Waals surface area contributed by atoms with Crippen molar-refractivity contribution in [3.05, 3.63) is 46.0 Å². The van der Waals surface area contributed by atoms with E-state index in [-0.39, 0.29) is 23.0 Å². The van der Waals surface area contributed by atoms with E-state index in [0.29, 0.717) is 30.5 Å². The number of aromatic nitrogens is 4. The number of nitrogens with two attached hydrogens (primary N) is 1. The molecule has 3 N–H and O–H groups in total. The van der Waals surface area contributed by atoms with Crippen molar-refractivity contribution >= 4 is 17.1 Å². The molecular formula is C20H23N5O3. The highest BCUT2D eigenvalue weighted by atomic mass is 16.5. The lowest BCUT2D eigenvalue weighted by Crippen LogP contribution is -2.24. The third kappa shape index (κ3) is 3.31. The molecule has 1 aliphatic rings. The Labute approximate surface area is 161 Å². The summed E-state index contributed by atoms with van der Waals surface area (Å²) in [5, 5.41) is 0. The van der Waals surface area contributed by atoms with Gasteiger partial charge < -0.3 is 15.5 Å². The largest absolute Gasteiger partial charge is 0.376 e. The molecule has 28 heavy (non-hydrogen) atoms. The minimum Gasteiger partial charge on any atom is -0.376 e. The van der Waals surface area contributed by atoms with Crippen molar-refractivity contribution < 1.29 is 9.53 Å². The molecule has 0 saturated carbocycles. The van der Waals surface area contributed by atoms with Crippen molar-refractivity contribution in [2.75, 3.05) is 6.61 Å². The number of primary amides is 1. The molecule has 1 atom stereocenters. The number of aromatic amines is 1. The third-order valence-corrected chi connectivity index (χ3v) is 5.10. The minimum absolute atomic E-state index is 0.0103. The van der Waals surface area contributed by atoms with Crippen LogP contribution in [0.5, 0.6) is 0 Å². The summed E-state index contributed by atoms with van der Waals surface area (Å²) >= 11 is 0. The number of ether oxygens (including phenoxy) is 1. The molecule has 4 rings (SSSR count). The van der Waals surface area contributed by atoms with Gasteiger partial charge in [0.25, 0.3) is 5.91 Å². The average Bonchev–Trinajstić information content (AvgIpc) is 3.29. The lowest BCUT2D eigenvalue weighted by atomic mass is 10.0. The number of H-pyrrole nitrogens is 1. The number of hydrogen-bond acceptors (Lipinski definition) is 5. The van der Waals surface area contributed by atoms with E-state index in [9.17, 15) is 9.59 Å². The minimum atomic E-state index is -0.710. The Morgan fingerprint density at radius 1 is 1.32 bits per heavy atom. The Balaban J connectivity index is 1.85. The molecule has 146 valence electrons. The number of nitrogens with zero attached hydrogens (tertiary/aromatic N) is 3. The van der Waals surface area contributed by atoms with Crippen LogP contribution in [0.25, 0.3) is 22.6 Å². The fraction of sp³-hybridized carbons (Fsp3) is 0.400. The molecule has 1 aromatic carbocycles. The van der Waals surface area contributed by atoms with Crippen molar-refractivity contribution in [1.82, 2.24) is 19.5 Å². The molecule has 3 heterocycles. The van der Waals surface area contributed by atoms with Crippen LogP contribution in [0.15, 0.2) is 29.1 Å². The summed E-state index contributed by atoms with van der Waals surface area (Å²) in [6, 6.07) is 7.84. The topological polar surface area (TPSA) is 116 Å². The molecule has 0 bridgehead atoms. The van der Waals surface area contributed by atoms with E-state index in [4.69, 9.17) is 10.5 Å². The van der Waals surface area contributed by atoms with E-state index >= 15 is 0 Å². The normalized spacial score (nSPS) is 16.9. The van der Waals surface area contributed by atoms with Gasteiger partial charge in [-0.25, -0.2) is 14.8 Å². The second-order valence-electron chi connectivity index (χ2n) is 7.41. The van der Waals surface area contributed by atoms with Crippen LogP contribution in [0.1, 0.15) is 48.7 Å². The number of amides is 1. The van der Waals surface area contributed by atoms with Gasteiger partial charge in [0.2, 0.25) is 0 Å². The number of carbonyl (C=O) groups is 1. The molecule has 0 radical (unpaired) electrons. The molecule has 8 nitrogen and oxygen atoms in total. The molecule has 1 fully saturated rings. The zero-order valence-corrected chi connectivity index (χ0v) is 15.9. The summed E-state index contributed by atoms with van der Waals surface area (Å²) in [6.45, 7) is 5.30. The van der Waals surface area contributed by atoms with Crippen molar-refractivity contribution in [2.24, 2.45) is 5.73 Å². The fourth-order valence-electron chi connectivity index (χ4n) is 3.52. The first-order valence-corrected chi connectivity index (χ1v) is 9.46. The predicted molar refractivity (Wildman–Crippen MR) is 105 cm³/mol. The van der Waals surface area contributed by atoms with E-state index < -0.39 is 5.91 Å². The van der Waals surface area contributed by atoms with Crippen molar-refractivity contribution in [2.45, 2.75) is 45.3 Å². The number of benzene rings is 1. The van der Waals surface area contributed by atoms with Gasteiger partial charge in [0.05, 0.1) is 12.6 Å². The van der Waals surface area contributed by atoms with Gasteiger partial charge in [-0.05, 0) is 24.3 Å². The molecule has 3 aromatic rings. The highest BCUT2D eigenvalue weighted by molar-refractivity contribution is 6.01. The Morgan fingerprint density at radius 2 is 2.07 bits per heavy atom. The van der Waals surface area contributed by atoms with E-state index in [1.165, 1.54) is 10.1 Å². The van der Waals surface area contributed by atoms with Crippen molar-refractivity contribution in [3.63, 3.8) is 0 Å². The molecular weight excluding hydrogens is 358 g/mol. The van der Waals surface area contributed by atoms with Gasteiger partial charge in [0.1, 0.15) is 5.52 Å². The Morgan fingerprint density at radius 3 is 2.68 bits per heavy atom. The van der Waals surface area contributed by atoms with Gasteiger partial charge in [-0.3, -0.25) is 9.36 Å². The number of hydrogen-bond donors (Lipinski definition) is 2. The van der Waals surface area contributed by atoms with Gasteiger partial charge in [-0.1, -0.05) is 38.1 Å². The molecule has 1 saturated heterocycles. The highest BCUT2D eigenvalue weighted by Crippen LogP contribution is 2.23. The summed E-state index contributed by atoms with van der Waals surface area (Å²) in [5.41, 5.74) is 7.76. The monoisotopic (exact) mass is 381 g/mol. The van der Waals surface area contributed by atoms with Crippen LogP contribution < -0.4 is 11.4 Å². The Bertz CT molecular complexity index is 1080. The third-order valence-electron chi connectivity index (χ3n) is 5.10. The zero-order valence-electron chi connectivity index (χ0n) is 15.9. The van der Waals surface area contributed by atoms with Crippen LogP contribution in [0, 0.1) is 0 Å².